The predicted molar refractivity (Wildman–Crippen MR) is 76.8 cm³/mol. The van der Waals surface area contributed by atoms with Gasteiger partial charge in [0.2, 0.25) is 5.78 Å². The summed E-state index contributed by atoms with van der Waals surface area (Å²) in [5.41, 5.74) is 2.51. The molecule has 0 spiro atoms. The molecule has 6 heteroatoms. The minimum atomic E-state index is -0.572. The highest BCUT2D eigenvalue weighted by Crippen LogP contribution is 2.12. The summed E-state index contributed by atoms with van der Waals surface area (Å²) in [5.74, 6) is -0.805. The SMILES string of the molecule is Cc1cc(C(=O)COC(=O)c2cncc(Br)c2)c(C)[nH]1. The molecule has 2 heterocycles. The zero-order valence-electron chi connectivity index (χ0n) is 11.1. The molecule has 0 fully saturated rings. The maximum absolute atomic E-state index is 12.0. The number of carbonyl (C=O) groups excluding carboxylic acids is 2. The third-order valence-corrected chi connectivity index (χ3v) is 3.16. The molecule has 20 heavy (non-hydrogen) atoms. The lowest BCUT2D eigenvalue weighted by Gasteiger charge is -2.04. The van der Waals surface area contributed by atoms with Crippen molar-refractivity contribution in [3.05, 3.63) is 51.5 Å². The Balaban J connectivity index is 2.00. The summed E-state index contributed by atoms with van der Waals surface area (Å²) in [7, 11) is 0. The van der Waals surface area contributed by atoms with Gasteiger partial charge in [-0.3, -0.25) is 9.78 Å². The number of aromatic amines is 1. The standard InChI is InChI=1S/C14H13BrN2O3/c1-8-3-12(9(2)17-8)13(18)7-20-14(19)10-4-11(15)6-16-5-10/h3-6,17H,7H2,1-2H3. The van der Waals surface area contributed by atoms with Gasteiger partial charge < -0.3 is 9.72 Å². The maximum atomic E-state index is 12.0. The van der Waals surface area contributed by atoms with E-state index in [1.54, 1.807) is 25.3 Å². The molecule has 0 radical (unpaired) electrons. The number of H-pyrrole nitrogens is 1. The Hall–Kier alpha value is -1.95. The quantitative estimate of drug-likeness (QED) is 0.688. The van der Waals surface area contributed by atoms with Gasteiger partial charge in [-0.2, -0.15) is 0 Å². The van der Waals surface area contributed by atoms with Crippen LogP contribution in [-0.4, -0.2) is 28.3 Å². The average Bonchev–Trinajstić information content (AvgIpc) is 2.74. The van der Waals surface area contributed by atoms with Gasteiger partial charge in [0.25, 0.3) is 0 Å². The minimum absolute atomic E-state index is 0.233. The van der Waals surface area contributed by atoms with E-state index in [-0.39, 0.29) is 12.4 Å². The summed E-state index contributed by atoms with van der Waals surface area (Å²) < 4.78 is 5.68. The van der Waals surface area contributed by atoms with Gasteiger partial charge in [0.1, 0.15) is 0 Å². The van der Waals surface area contributed by atoms with E-state index in [0.29, 0.717) is 15.6 Å². The van der Waals surface area contributed by atoms with Crippen molar-refractivity contribution < 1.29 is 14.3 Å². The largest absolute Gasteiger partial charge is 0.454 e. The maximum Gasteiger partial charge on any atom is 0.340 e. The summed E-state index contributed by atoms with van der Waals surface area (Å²) in [6, 6.07) is 3.33. The fourth-order valence-corrected chi connectivity index (χ4v) is 2.19. The topological polar surface area (TPSA) is 72.1 Å². The van der Waals surface area contributed by atoms with Gasteiger partial charge in [0.15, 0.2) is 6.61 Å². The number of esters is 1. The van der Waals surface area contributed by atoms with E-state index >= 15 is 0 Å². The van der Waals surface area contributed by atoms with Gasteiger partial charge in [0, 0.05) is 33.8 Å². The number of aryl methyl sites for hydroxylation is 2. The second-order valence-electron chi connectivity index (χ2n) is 4.38. The number of nitrogens with one attached hydrogen (secondary N) is 1. The second kappa shape index (κ2) is 6.00. The highest BCUT2D eigenvalue weighted by atomic mass is 79.9. The summed E-state index contributed by atoms with van der Waals surface area (Å²) in [5, 5.41) is 0. The number of hydrogen-bond donors (Lipinski definition) is 1. The average molecular weight is 337 g/mol. The Kier molecular flexibility index (Phi) is 4.34. The van der Waals surface area contributed by atoms with Crippen molar-refractivity contribution in [3.63, 3.8) is 0 Å². The highest BCUT2D eigenvalue weighted by molar-refractivity contribution is 9.10. The van der Waals surface area contributed by atoms with Crippen molar-refractivity contribution in [1.82, 2.24) is 9.97 Å². The molecule has 2 rings (SSSR count). The lowest BCUT2D eigenvalue weighted by atomic mass is 10.1. The molecule has 0 aliphatic heterocycles. The molecule has 0 saturated carbocycles. The predicted octanol–water partition coefficient (Wildman–Crippen LogP) is 2.83. The Morgan fingerprint density at radius 3 is 2.65 bits per heavy atom. The fourth-order valence-electron chi connectivity index (χ4n) is 1.83. The van der Waals surface area contributed by atoms with E-state index in [1.165, 1.54) is 6.20 Å². The lowest BCUT2D eigenvalue weighted by molar-refractivity contribution is 0.0474. The molecule has 0 bridgehead atoms. The molecule has 0 aliphatic rings. The number of pyridine rings is 1. The third-order valence-electron chi connectivity index (χ3n) is 2.72. The molecule has 0 unspecified atom stereocenters. The number of rotatable bonds is 4. The summed E-state index contributed by atoms with van der Waals surface area (Å²) in [6.07, 6.45) is 2.96. The smallest absolute Gasteiger partial charge is 0.340 e. The van der Waals surface area contributed by atoms with E-state index in [1.807, 2.05) is 6.92 Å². The first kappa shape index (κ1) is 14.5. The zero-order valence-corrected chi connectivity index (χ0v) is 12.7. The van der Waals surface area contributed by atoms with E-state index < -0.39 is 5.97 Å². The molecule has 0 aromatic carbocycles. The van der Waals surface area contributed by atoms with Crippen LogP contribution in [0.3, 0.4) is 0 Å². The summed E-state index contributed by atoms with van der Waals surface area (Å²) in [4.78, 5) is 30.6. The monoisotopic (exact) mass is 336 g/mol. The Labute approximate surface area is 124 Å². The van der Waals surface area contributed by atoms with Crippen LogP contribution in [0.4, 0.5) is 0 Å². The first-order chi connectivity index (χ1) is 9.47. The van der Waals surface area contributed by atoms with Crippen LogP contribution in [0.25, 0.3) is 0 Å². The number of ketones is 1. The fraction of sp³-hybridized carbons (Fsp3) is 0.214. The normalized spacial score (nSPS) is 10.3. The van der Waals surface area contributed by atoms with Crippen LogP contribution in [0, 0.1) is 13.8 Å². The molecule has 0 amide bonds. The molecule has 0 saturated heterocycles. The number of halogens is 1. The molecule has 0 atom stereocenters. The second-order valence-corrected chi connectivity index (χ2v) is 5.30. The summed E-state index contributed by atoms with van der Waals surface area (Å²) >= 11 is 3.22. The Morgan fingerprint density at radius 2 is 2.05 bits per heavy atom. The highest BCUT2D eigenvalue weighted by Gasteiger charge is 2.15. The Bertz CT molecular complexity index is 664. The molecule has 104 valence electrons. The van der Waals surface area contributed by atoms with Crippen molar-refractivity contribution in [3.8, 4) is 0 Å². The van der Waals surface area contributed by atoms with Crippen molar-refractivity contribution in [1.29, 1.82) is 0 Å². The number of hydrogen-bond acceptors (Lipinski definition) is 4. The van der Waals surface area contributed by atoms with Crippen LogP contribution in [0.1, 0.15) is 32.1 Å². The van der Waals surface area contributed by atoms with E-state index in [9.17, 15) is 9.59 Å². The number of aromatic nitrogens is 2. The summed E-state index contributed by atoms with van der Waals surface area (Å²) in [6.45, 7) is 3.38. The van der Waals surface area contributed by atoms with Crippen LogP contribution >= 0.6 is 15.9 Å². The zero-order chi connectivity index (χ0) is 14.7. The molecule has 2 aromatic rings. The van der Waals surface area contributed by atoms with E-state index in [0.717, 1.165) is 11.4 Å². The van der Waals surface area contributed by atoms with E-state index in [2.05, 4.69) is 25.9 Å². The van der Waals surface area contributed by atoms with Gasteiger partial charge in [-0.1, -0.05) is 0 Å². The van der Waals surface area contributed by atoms with Crippen molar-refractivity contribution in [2.24, 2.45) is 0 Å². The Morgan fingerprint density at radius 1 is 1.30 bits per heavy atom. The molecule has 0 aliphatic carbocycles. The molecule has 2 aromatic heterocycles. The van der Waals surface area contributed by atoms with Gasteiger partial charge >= 0.3 is 5.97 Å². The number of carbonyl (C=O) groups is 2. The third kappa shape index (κ3) is 3.33. The molecular weight excluding hydrogens is 324 g/mol. The first-order valence-electron chi connectivity index (χ1n) is 5.94. The van der Waals surface area contributed by atoms with Gasteiger partial charge in [0.05, 0.1) is 5.56 Å². The number of nitrogens with zero attached hydrogens (tertiary/aromatic N) is 1. The van der Waals surface area contributed by atoms with Crippen molar-refractivity contribution in [2.75, 3.05) is 6.61 Å². The molecule has 1 N–H and O–H groups in total. The van der Waals surface area contributed by atoms with Crippen LogP contribution in [0.2, 0.25) is 0 Å². The van der Waals surface area contributed by atoms with Crippen LogP contribution in [0.5, 0.6) is 0 Å². The lowest BCUT2D eigenvalue weighted by Crippen LogP contribution is -2.14. The number of ether oxygens (including phenoxy) is 1. The van der Waals surface area contributed by atoms with Crippen molar-refractivity contribution in [2.45, 2.75) is 13.8 Å². The molecular formula is C14H13BrN2O3. The van der Waals surface area contributed by atoms with Crippen LogP contribution < -0.4 is 0 Å². The molecule has 5 nitrogen and oxygen atoms in total. The minimum Gasteiger partial charge on any atom is -0.454 e. The first-order valence-corrected chi connectivity index (χ1v) is 6.74. The van der Waals surface area contributed by atoms with Gasteiger partial charge in [-0.05, 0) is 41.9 Å². The van der Waals surface area contributed by atoms with Gasteiger partial charge in [-0.25, -0.2) is 4.79 Å². The van der Waals surface area contributed by atoms with Crippen LogP contribution in [0.15, 0.2) is 29.0 Å². The van der Waals surface area contributed by atoms with Crippen molar-refractivity contribution >= 4 is 27.7 Å². The van der Waals surface area contributed by atoms with Gasteiger partial charge in [-0.15, -0.1) is 0 Å². The van der Waals surface area contributed by atoms with Crippen LogP contribution in [-0.2, 0) is 4.74 Å². The number of Topliss-reactive ketones (excluding diaryl/α,β-unsaturated/α-hetero) is 1. The van der Waals surface area contributed by atoms with E-state index in [4.69, 9.17) is 4.74 Å².